The number of halogens is 1. The maximum absolute atomic E-state index is 11.0. The average Bonchev–Trinajstić information content (AvgIpc) is 2.22. The minimum absolute atomic E-state index is 0.0973. The van der Waals surface area contributed by atoms with Crippen molar-refractivity contribution >= 4 is 29.5 Å². The molecule has 86 valence electrons. The predicted octanol–water partition coefficient (Wildman–Crippen LogP) is 1.68. The van der Waals surface area contributed by atoms with Gasteiger partial charge >= 0.3 is 5.97 Å². The third-order valence-electron chi connectivity index (χ3n) is 1.71. The summed E-state index contributed by atoms with van der Waals surface area (Å²) in [6, 6.07) is 0. The standard InChI is InChI=1S/C10H12ClN3O2/c1-2-16-8(15)5-3-4-7-6-13-10(11)14-9(7)12/h3-4,6H,2,5H2,1H3,(H2,12,13,14). The molecule has 2 N–H and O–H groups in total. The minimum Gasteiger partial charge on any atom is -0.466 e. The number of aromatic nitrogens is 2. The highest BCUT2D eigenvalue weighted by atomic mass is 35.5. The number of esters is 1. The highest BCUT2D eigenvalue weighted by molar-refractivity contribution is 6.28. The average molecular weight is 242 g/mol. The molecule has 0 atom stereocenters. The molecule has 0 aliphatic heterocycles. The number of nitrogens with two attached hydrogens (primary N) is 1. The fraction of sp³-hybridized carbons (Fsp3) is 0.300. The van der Waals surface area contributed by atoms with E-state index in [-0.39, 0.29) is 23.5 Å². The summed E-state index contributed by atoms with van der Waals surface area (Å²) in [4.78, 5) is 18.6. The van der Waals surface area contributed by atoms with E-state index in [9.17, 15) is 4.79 Å². The van der Waals surface area contributed by atoms with Gasteiger partial charge in [-0.2, -0.15) is 0 Å². The van der Waals surface area contributed by atoms with E-state index in [0.29, 0.717) is 12.2 Å². The number of hydrogen-bond acceptors (Lipinski definition) is 5. The van der Waals surface area contributed by atoms with Gasteiger partial charge in [-0.3, -0.25) is 4.79 Å². The van der Waals surface area contributed by atoms with E-state index in [0.717, 1.165) is 0 Å². The molecular formula is C10H12ClN3O2. The zero-order chi connectivity index (χ0) is 12.0. The van der Waals surface area contributed by atoms with Crippen LogP contribution in [0.2, 0.25) is 5.28 Å². The number of carbonyl (C=O) groups excluding carboxylic acids is 1. The van der Waals surface area contributed by atoms with Crippen molar-refractivity contribution in [2.24, 2.45) is 0 Å². The van der Waals surface area contributed by atoms with Crippen LogP contribution in [0.15, 0.2) is 12.3 Å². The first kappa shape index (κ1) is 12.4. The maximum atomic E-state index is 11.0. The predicted molar refractivity (Wildman–Crippen MR) is 61.7 cm³/mol. The summed E-state index contributed by atoms with van der Waals surface area (Å²) in [7, 11) is 0. The Labute approximate surface area is 98.3 Å². The number of ether oxygens (including phenoxy) is 1. The summed E-state index contributed by atoms with van der Waals surface area (Å²) in [5, 5.41) is 0.0973. The summed E-state index contributed by atoms with van der Waals surface area (Å²) in [5.74, 6) is -0.00712. The molecule has 0 bridgehead atoms. The molecule has 16 heavy (non-hydrogen) atoms. The third-order valence-corrected chi connectivity index (χ3v) is 1.89. The van der Waals surface area contributed by atoms with Crippen LogP contribution in [0.4, 0.5) is 5.82 Å². The van der Waals surface area contributed by atoms with E-state index >= 15 is 0 Å². The van der Waals surface area contributed by atoms with Gasteiger partial charge < -0.3 is 10.5 Å². The lowest BCUT2D eigenvalue weighted by molar-refractivity contribution is -0.142. The van der Waals surface area contributed by atoms with E-state index < -0.39 is 0 Å². The van der Waals surface area contributed by atoms with Crippen LogP contribution in [0.5, 0.6) is 0 Å². The van der Waals surface area contributed by atoms with Crippen LogP contribution in [-0.2, 0) is 9.53 Å². The van der Waals surface area contributed by atoms with Crippen LogP contribution in [-0.4, -0.2) is 22.5 Å². The van der Waals surface area contributed by atoms with Crippen LogP contribution in [0.25, 0.3) is 6.08 Å². The molecule has 0 saturated carbocycles. The first-order valence-corrected chi connectivity index (χ1v) is 5.11. The molecule has 1 aromatic heterocycles. The van der Waals surface area contributed by atoms with Crippen molar-refractivity contribution in [2.45, 2.75) is 13.3 Å². The van der Waals surface area contributed by atoms with Crippen LogP contribution in [0.1, 0.15) is 18.9 Å². The quantitative estimate of drug-likeness (QED) is 0.641. The van der Waals surface area contributed by atoms with Crippen molar-refractivity contribution in [3.63, 3.8) is 0 Å². The molecule has 0 aliphatic rings. The van der Waals surface area contributed by atoms with Gasteiger partial charge in [0.2, 0.25) is 5.28 Å². The van der Waals surface area contributed by atoms with Crippen LogP contribution in [0.3, 0.4) is 0 Å². The molecule has 5 nitrogen and oxygen atoms in total. The Morgan fingerprint density at radius 1 is 1.69 bits per heavy atom. The number of carbonyl (C=O) groups is 1. The second-order valence-corrected chi connectivity index (χ2v) is 3.23. The van der Waals surface area contributed by atoms with Crippen molar-refractivity contribution < 1.29 is 9.53 Å². The number of nitrogens with zero attached hydrogens (tertiary/aromatic N) is 2. The van der Waals surface area contributed by atoms with E-state index in [2.05, 4.69) is 9.97 Å². The molecule has 0 radical (unpaired) electrons. The monoisotopic (exact) mass is 241 g/mol. The topological polar surface area (TPSA) is 78.1 Å². The zero-order valence-corrected chi connectivity index (χ0v) is 9.57. The molecule has 0 unspecified atom stereocenters. The summed E-state index contributed by atoms with van der Waals surface area (Å²) >= 11 is 5.54. The van der Waals surface area contributed by atoms with Gasteiger partial charge in [-0.25, -0.2) is 9.97 Å². The first-order valence-electron chi connectivity index (χ1n) is 4.73. The highest BCUT2D eigenvalue weighted by Gasteiger charge is 2.00. The summed E-state index contributed by atoms with van der Waals surface area (Å²) in [5.41, 5.74) is 6.21. The van der Waals surface area contributed by atoms with Crippen molar-refractivity contribution in [1.29, 1.82) is 0 Å². The number of nitrogen functional groups attached to an aromatic ring is 1. The normalized spacial score (nSPS) is 10.6. The molecule has 0 aliphatic carbocycles. The van der Waals surface area contributed by atoms with Gasteiger partial charge in [0.15, 0.2) is 0 Å². The molecule has 1 aromatic rings. The van der Waals surface area contributed by atoms with E-state index in [1.165, 1.54) is 6.20 Å². The summed E-state index contributed by atoms with van der Waals surface area (Å²) in [6.07, 6.45) is 4.98. The van der Waals surface area contributed by atoms with Crippen LogP contribution < -0.4 is 5.73 Å². The largest absolute Gasteiger partial charge is 0.466 e. The van der Waals surface area contributed by atoms with Gasteiger partial charge in [-0.15, -0.1) is 0 Å². The molecule has 0 spiro atoms. The molecule has 0 amide bonds. The van der Waals surface area contributed by atoms with Crippen molar-refractivity contribution in [1.82, 2.24) is 9.97 Å². The number of rotatable bonds is 4. The molecule has 0 fully saturated rings. The Kier molecular flexibility index (Phi) is 4.72. The fourth-order valence-electron chi connectivity index (χ4n) is 1.01. The maximum Gasteiger partial charge on any atom is 0.309 e. The molecule has 6 heteroatoms. The van der Waals surface area contributed by atoms with E-state index in [1.54, 1.807) is 19.1 Å². The fourth-order valence-corrected chi connectivity index (χ4v) is 1.15. The summed E-state index contributed by atoms with van der Waals surface area (Å²) in [6.45, 7) is 2.13. The van der Waals surface area contributed by atoms with Gasteiger partial charge in [-0.05, 0) is 18.5 Å². The molecule has 0 saturated heterocycles. The summed E-state index contributed by atoms with van der Waals surface area (Å²) < 4.78 is 4.76. The van der Waals surface area contributed by atoms with Gasteiger partial charge in [-0.1, -0.05) is 12.2 Å². The van der Waals surface area contributed by atoms with Crippen LogP contribution >= 0.6 is 11.6 Å². The van der Waals surface area contributed by atoms with Gasteiger partial charge in [0.05, 0.1) is 13.0 Å². The lowest BCUT2D eigenvalue weighted by Crippen LogP contribution is -2.01. The number of hydrogen-bond donors (Lipinski definition) is 1. The van der Waals surface area contributed by atoms with Gasteiger partial charge in [0.1, 0.15) is 5.82 Å². The van der Waals surface area contributed by atoms with Crippen molar-refractivity contribution in [2.75, 3.05) is 12.3 Å². The molecule has 1 heterocycles. The second kappa shape index (κ2) is 6.07. The van der Waals surface area contributed by atoms with Crippen molar-refractivity contribution in [3.8, 4) is 0 Å². The van der Waals surface area contributed by atoms with Crippen LogP contribution in [0, 0.1) is 0 Å². The third kappa shape index (κ3) is 3.86. The smallest absolute Gasteiger partial charge is 0.309 e. The number of anilines is 1. The Morgan fingerprint density at radius 3 is 3.06 bits per heavy atom. The van der Waals surface area contributed by atoms with Gasteiger partial charge in [0.25, 0.3) is 0 Å². The Morgan fingerprint density at radius 2 is 2.44 bits per heavy atom. The second-order valence-electron chi connectivity index (χ2n) is 2.89. The zero-order valence-electron chi connectivity index (χ0n) is 8.81. The Bertz CT molecular complexity index is 407. The highest BCUT2D eigenvalue weighted by Crippen LogP contribution is 2.12. The molecule has 0 aromatic carbocycles. The molecule has 1 rings (SSSR count). The van der Waals surface area contributed by atoms with Gasteiger partial charge in [0, 0.05) is 11.8 Å². The Hall–Kier alpha value is -1.62. The SMILES string of the molecule is CCOC(=O)CC=Cc1cnc(Cl)nc1N. The van der Waals surface area contributed by atoms with E-state index in [1.807, 2.05) is 0 Å². The first-order chi connectivity index (χ1) is 7.63. The van der Waals surface area contributed by atoms with Crippen molar-refractivity contribution in [3.05, 3.63) is 23.1 Å². The lowest BCUT2D eigenvalue weighted by Gasteiger charge is -1.99. The minimum atomic E-state index is -0.285. The Balaban J connectivity index is 2.59. The van der Waals surface area contributed by atoms with E-state index in [4.69, 9.17) is 22.1 Å². The molecular weight excluding hydrogens is 230 g/mol. The lowest BCUT2D eigenvalue weighted by atomic mass is 10.2.